The summed E-state index contributed by atoms with van der Waals surface area (Å²) in [6, 6.07) is 5.34. The molecule has 0 saturated heterocycles. The van der Waals surface area contributed by atoms with Crippen LogP contribution in [0.4, 0.5) is 0 Å². The van der Waals surface area contributed by atoms with Crippen LogP contribution in [-0.4, -0.2) is 4.98 Å². The molecule has 0 atom stereocenters. The Morgan fingerprint density at radius 3 is 3.20 bits per heavy atom. The smallest absolute Gasteiger partial charge is 0.181 e. The normalized spacial score (nSPS) is 10.5. The Kier molecular flexibility index (Phi) is 1.14. The van der Waals surface area contributed by atoms with E-state index in [-0.39, 0.29) is 0 Å². The second-order valence-electron chi connectivity index (χ2n) is 1.96. The van der Waals surface area contributed by atoms with Gasteiger partial charge in [0, 0.05) is 11.1 Å². The Hall–Kier alpha value is -1.02. The summed E-state index contributed by atoms with van der Waals surface area (Å²) in [6.07, 6.45) is 1.40. The van der Waals surface area contributed by atoms with E-state index in [1.54, 1.807) is 12.1 Å². The van der Waals surface area contributed by atoms with Crippen LogP contribution < -0.4 is 0 Å². The molecule has 0 radical (unpaired) electrons. The monoisotopic (exact) mass is 153 g/mol. The molecule has 0 amide bonds. The lowest BCUT2D eigenvalue weighted by Gasteiger charge is -1.85. The van der Waals surface area contributed by atoms with Gasteiger partial charge in [-0.25, -0.2) is 4.98 Å². The number of nitrogens with zero attached hydrogens (tertiary/aromatic N) is 1. The zero-order valence-corrected chi connectivity index (χ0v) is 5.80. The molecule has 0 aliphatic carbocycles. The number of rotatable bonds is 0. The third kappa shape index (κ3) is 0.772. The fourth-order valence-corrected chi connectivity index (χ4v) is 0.991. The molecule has 0 N–H and O–H groups in total. The molecule has 2 nitrogen and oxygen atoms in total. The minimum absolute atomic E-state index is 0.671. The third-order valence-corrected chi connectivity index (χ3v) is 1.53. The first-order chi connectivity index (χ1) is 4.86. The van der Waals surface area contributed by atoms with Crippen LogP contribution in [0.2, 0.25) is 5.02 Å². The highest BCUT2D eigenvalue weighted by Crippen LogP contribution is 2.16. The summed E-state index contributed by atoms with van der Waals surface area (Å²) < 4.78 is 5.00. The first-order valence-electron chi connectivity index (χ1n) is 2.85. The number of oxazole rings is 1. The molecule has 1 aromatic carbocycles. The Bertz CT molecular complexity index is 355. The highest BCUT2D eigenvalue weighted by molar-refractivity contribution is 6.31. The lowest BCUT2D eigenvalue weighted by Crippen LogP contribution is -1.65. The van der Waals surface area contributed by atoms with Crippen LogP contribution in [-0.2, 0) is 0 Å². The summed E-state index contributed by atoms with van der Waals surface area (Å²) in [5.74, 6) is 0. The standard InChI is InChI=1S/C7H4ClNO/c8-5-1-2-6-7(3-5)10-4-9-6/h1-4H. The number of halogens is 1. The van der Waals surface area contributed by atoms with Gasteiger partial charge in [-0.3, -0.25) is 0 Å². The summed E-state index contributed by atoms with van der Waals surface area (Å²) in [5.41, 5.74) is 1.57. The molecule has 0 aliphatic rings. The van der Waals surface area contributed by atoms with Crippen molar-refractivity contribution < 1.29 is 4.42 Å². The molecule has 0 bridgehead atoms. The molecule has 0 spiro atoms. The predicted octanol–water partition coefficient (Wildman–Crippen LogP) is 2.48. The van der Waals surface area contributed by atoms with E-state index in [1.807, 2.05) is 6.07 Å². The van der Waals surface area contributed by atoms with E-state index in [1.165, 1.54) is 6.39 Å². The van der Waals surface area contributed by atoms with Gasteiger partial charge < -0.3 is 4.42 Å². The first kappa shape index (κ1) is 5.74. The quantitative estimate of drug-likeness (QED) is 0.581. The van der Waals surface area contributed by atoms with Gasteiger partial charge in [-0.15, -0.1) is 0 Å². The summed E-state index contributed by atoms with van der Waals surface area (Å²) in [5, 5.41) is 0.671. The highest BCUT2D eigenvalue weighted by Gasteiger charge is 1.96. The number of benzene rings is 1. The zero-order valence-electron chi connectivity index (χ0n) is 5.04. The van der Waals surface area contributed by atoms with Gasteiger partial charge in [0.15, 0.2) is 12.0 Å². The summed E-state index contributed by atoms with van der Waals surface area (Å²) in [6.45, 7) is 0. The van der Waals surface area contributed by atoms with Crippen LogP contribution in [0, 0.1) is 0 Å². The SMILES string of the molecule is Clc1ccc2ncoc2c1. The predicted molar refractivity (Wildman–Crippen MR) is 39.0 cm³/mol. The van der Waals surface area contributed by atoms with Gasteiger partial charge in [0.2, 0.25) is 0 Å². The minimum atomic E-state index is 0.671. The van der Waals surface area contributed by atoms with E-state index in [0.717, 1.165) is 11.1 Å². The van der Waals surface area contributed by atoms with Gasteiger partial charge in [-0.1, -0.05) is 11.6 Å². The molecule has 2 rings (SSSR count). The van der Waals surface area contributed by atoms with Crippen molar-refractivity contribution in [3.63, 3.8) is 0 Å². The van der Waals surface area contributed by atoms with Crippen LogP contribution in [0.1, 0.15) is 0 Å². The fourth-order valence-electron chi connectivity index (χ4n) is 0.829. The molecule has 3 heteroatoms. The molecule has 0 unspecified atom stereocenters. The molecule has 0 fully saturated rings. The molecule has 2 aromatic rings. The van der Waals surface area contributed by atoms with Gasteiger partial charge in [0.1, 0.15) is 5.52 Å². The Morgan fingerprint density at radius 2 is 2.30 bits per heavy atom. The molecule has 1 heterocycles. The van der Waals surface area contributed by atoms with Crippen LogP contribution in [0.3, 0.4) is 0 Å². The average Bonchev–Trinajstić information content (AvgIpc) is 2.33. The van der Waals surface area contributed by atoms with Crippen molar-refractivity contribution in [2.75, 3.05) is 0 Å². The Balaban J connectivity index is 2.86. The van der Waals surface area contributed by atoms with E-state index in [2.05, 4.69) is 4.98 Å². The summed E-state index contributed by atoms with van der Waals surface area (Å²) in [4.78, 5) is 3.93. The van der Waals surface area contributed by atoms with Crippen LogP contribution >= 0.6 is 11.6 Å². The Morgan fingerprint density at radius 1 is 1.40 bits per heavy atom. The van der Waals surface area contributed by atoms with Crippen molar-refractivity contribution in [1.82, 2.24) is 4.98 Å². The first-order valence-corrected chi connectivity index (χ1v) is 3.23. The average molecular weight is 154 g/mol. The van der Waals surface area contributed by atoms with Gasteiger partial charge in [0.05, 0.1) is 0 Å². The lowest BCUT2D eigenvalue weighted by atomic mass is 10.3. The van der Waals surface area contributed by atoms with Gasteiger partial charge in [-0.2, -0.15) is 0 Å². The summed E-state index contributed by atoms with van der Waals surface area (Å²) >= 11 is 5.69. The highest BCUT2D eigenvalue weighted by atomic mass is 35.5. The van der Waals surface area contributed by atoms with Crippen molar-refractivity contribution in [2.24, 2.45) is 0 Å². The maximum Gasteiger partial charge on any atom is 0.181 e. The number of aromatic nitrogens is 1. The zero-order chi connectivity index (χ0) is 6.97. The second kappa shape index (κ2) is 1.99. The van der Waals surface area contributed by atoms with Crippen LogP contribution in [0.5, 0.6) is 0 Å². The number of hydrogen-bond acceptors (Lipinski definition) is 2. The molecule has 10 heavy (non-hydrogen) atoms. The van der Waals surface area contributed by atoms with E-state index >= 15 is 0 Å². The van der Waals surface area contributed by atoms with Crippen molar-refractivity contribution in [3.05, 3.63) is 29.6 Å². The minimum Gasteiger partial charge on any atom is -0.443 e. The van der Waals surface area contributed by atoms with Gasteiger partial charge in [0.25, 0.3) is 0 Å². The van der Waals surface area contributed by atoms with Crippen molar-refractivity contribution in [3.8, 4) is 0 Å². The fraction of sp³-hybridized carbons (Fsp3) is 0. The topological polar surface area (TPSA) is 26.0 Å². The molecular formula is C7H4ClNO. The Labute approximate surface area is 62.4 Å². The van der Waals surface area contributed by atoms with E-state index in [4.69, 9.17) is 16.0 Å². The second-order valence-corrected chi connectivity index (χ2v) is 2.40. The van der Waals surface area contributed by atoms with E-state index < -0.39 is 0 Å². The maximum absolute atomic E-state index is 5.69. The molecule has 50 valence electrons. The van der Waals surface area contributed by atoms with E-state index in [9.17, 15) is 0 Å². The molecular weight excluding hydrogens is 150 g/mol. The number of hydrogen-bond donors (Lipinski definition) is 0. The van der Waals surface area contributed by atoms with Crippen LogP contribution in [0.15, 0.2) is 29.0 Å². The molecule has 1 aromatic heterocycles. The molecule has 0 aliphatic heterocycles. The van der Waals surface area contributed by atoms with Crippen molar-refractivity contribution in [1.29, 1.82) is 0 Å². The van der Waals surface area contributed by atoms with Crippen molar-refractivity contribution in [2.45, 2.75) is 0 Å². The number of fused-ring (bicyclic) bond motifs is 1. The lowest BCUT2D eigenvalue weighted by molar-refractivity contribution is 0.602. The largest absolute Gasteiger partial charge is 0.443 e. The van der Waals surface area contributed by atoms with E-state index in [0.29, 0.717) is 5.02 Å². The summed E-state index contributed by atoms with van der Waals surface area (Å²) in [7, 11) is 0. The molecule has 0 saturated carbocycles. The van der Waals surface area contributed by atoms with Crippen LogP contribution in [0.25, 0.3) is 11.1 Å². The van der Waals surface area contributed by atoms with Gasteiger partial charge >= 0.3 is 0 Å². The van der Waals surface area contributed by atoms with Crippen molar-refractivity contribution >= 4 is 22.7 Å². The maximum atomic E-state index is 5.69. The third-order valence-electron chi connectivity index (χ3n) is 1.29. The van der Waals surface area contributed by atoms with Gasteiger partial charge in [-0.05, 0) is 12.1 Å².